The van der Waals surface area contributed by atoms with Gasteiger partial charge >= 0.3 is 11.3 Å². The summed E-state index contributed by atoms with van der Waals surface area (Å²) in [7, 11) is 0. The molecule has 2 aromatic heterocycles. The van der Waals surface area contributed by atoms with Crippen LogP contribution in [0, 0.1) is 6.92 Å². The Morgan fingerprint density at radius 1 is 0.846 bits per heavy atom. The third kappa shape index (κ3) is 2.57. The van der Waals surface area contributed by atoms with E-state index in [0.717, 1.165) is 5.56 Å². The van der Waals surface area contributed by atoms with Crippen molar-refractivity contribution < 1.29 is 13.6 Å². The summed E-state index contributed by atoms with van der Waals surface area (Å²) >= 11 is 0. The third-order valence-electron chi connectivity index (χ3n) is 4.10. The van der Waals surface area contributed by atoms with Gasteiger partial charge in [-0.25, -0.2) is 9.59 Å². The van der Waals surface area contributed by atoms with E-state index in [9.17, 15) is 14.4 Å². The van der Waals surface area contributed by atoms with Gasteiger partial charge in [0, 0.05) is 5.56 Å². The lowest BCUT2D eigenvalue weighted by molar-refractivity contribution is 0.102. The van der Waals surface area contributed by atoms with Crippen LogP contribution in [-0.2, 0) is 0 Å². The Bertz CT molecular complexity index is 1270. The van der Waals surface area contributed by atoms with E-state index in [1.807, 2.05) is 0 Å². The molecule has 0 atom stereocenters. The Balaban J connectivity index is 1.89. The van der Waals surface area contributed by atoms with Crippen molar-refractivity contribution in [1.82, 2.24) is 0 Å². The van der Waals surface area contributed by atoms with Gasteiger partial charge in [0.1, 0.15) is 16.7 Å². The standard InChI is InChI=1S/C20H13NO5/c1-11-6-5-9-13-16(11)25-19(23)14-10-15(20(24)26-17(13)14)21-18(22)12-7-3-2-4-8-12/h2-10H,1H3,(H,21,22). The third-order valence-corrected chi connectivity index (χ3v) is 4.10. The predicted octanol–water partition coefficient (Wildman–Crippen LogP) is 3.46. The number of aryl methyl sites for hydroxylation is 1. The number of amides is 1. The number of hydrogen-bond acceptors (Lipinski definition) is 5. The molecule has 26 heavy (non-hydrogen) atoms. The summed E-state index contributed by atoms with van der Waals surface area (Å²) in [5, 5.41) is 3.09. The molecule has 0 fully saturated rings. The molecule has 0 saturated heterocycles. The summed E-state index contributed by atoms with van der Waals surface area (Å²) in [6.45, 7) is 1.80. The number of rotatable bonds is 2. The molecule has 0 aliphatic carbocycles. The van der Waals surface area contributed by atoms with Crippen LogP contribution < -0.4 is 16.6 Å². The molecule has 2 heterocycles. The Morgan fingerprint density at radius 3 is 2.35 bits per heavy atom. The smallest absolute Gasteiger partial charge is 0.360 e. The zero-order chi connectivity index (χ0) is 18.3. The van der Waals surface area contributed by atoms with Crippen molar-refractivity contribution in [2.45, 2.75) is 6.92 Å². The molecule has 2 aromatic carbocycles. The van der Waals surface area contributed by atoms with Crippen LogP contribution in [0.4, 0.5) is 5.69 Å². The molecule has 0 unspecified atom stereocenters. The van der Waals surface area contributed by atoms with Crippen molar-refractivity contribution in [2.24, 2.45) is 0 Å². The van der Waals surface area contributed by atoms with Gasteiger partial charge in [0.2, 0.25) is 0 Å². The second kappa shape index (κ2) is 6.00. The number of carbonyl (C=O) groups excluding carboxylic acids is 1. The van der Waals surface area contributed by atoms with E-state index in [0.29, 0.717) is 16.5 Å². The van der Waals surface area contributed by atoms with Gasteiger partial charge in [0.25, 0.3) is 5.91 Å². The van der Waals surface area contributed by atoms with Crippen molar-refractivity contribution >= 4 is 33.5 Å². The maximum Gasteiger partial charge on any atom is 0.360 e. The molecule has 6 nitrogen and oxygen atoms in total. The highest BCUT2D eigenvalue weighted by Gasteiger charge is 2.16. The fourth-order valence-electron chi connectivity index (χ4n) is 2.81. The number of fused-ring (bicyclic) bond motifs is 3. The largest absolute Gasteiger partial charge is 0.422 e. The zero-order valence-corrected chi connectivity index (χ0v) is 13.7. The summed E-state index contributed by atoms with van der Waals surface area (Å²) in [4.78, 5) is 36.9. The predicted molar refractivity (Wildman–Crippen MR) is 97.7 cm³/mol. The molecule has 0 aliphatic rings. The van der Waals surface area contributed by atoms with Gasteiger partial charge in [-0.1, -0.05) is 30.3 Å². The molecular weight excluding hydrogens is 334 g/mol. The summed E-state index contributed by atoms with van der Waals surface area (Å²) in [5.74, 6) is -0.474. The summed E-state index contributed by atoms with van der Waals surface area (Å²) < 4.78 is 10.7. The monoisotopic (exact) mass is 347 g/mol. The molecule has 1 N–H and O–H groups in total. The highest BCUT2D eigenvalue weighted by Crippen LogP contribution is 2.25. The SMILES string of the molecule is Cc1cccc2c1oc(=O)c1cc(NC(=O)c3ccccc3)c(=O)oc12. The Morgan fingerprint density at radius 2 is 1.58 bits per heavy atom. The second-order valence-electron chi connectivity index (χ2n) is 5.85. The highest BCUT2D eigenvalue weighted by molar-refractivity contribution is 6.06. The van der Waals surface area contributed by atoms with E-state index in [4.69, 9.17) is 8.83 Å². The molecule has 0 bridgehead atoms. The second-order valence-corrected chi connectivity index (χ2v) is 5.85. The van der Waals surface area contributed by atoms with Crippen LogP contribution in [0.15, 0.2) is 73.0 Å². The number of para-hydroxylation sites is 1. The molecule has 1 amide bonds. The lowest BCUT2D eigenvalue weighted by Gasteiger charge is -2.07. The van der Waals surface area contributed by atoms with Crippen molar-refractivity contribution in [3.8, 4) is 0 Å². The first-order chi connectivity index (χ1) is 12.5. The first-order valence-electron chi connectivity index (χ1n) is 7.91. The van der Waals surface area contributed by atoms with E-state index in [2.05, 4.69) is 5.32 Å². The van der Waals surface area contributed by atoms with Crippen molar-refractivity contribution in [3.05, 3.63) is 86.6 Å². The van der Waals surface area contributed by atoms with Crippen molar-refractivity contribution in [2.75, 3.05) is 5.32 Å². The van der Waals surface area contributed by atoms with E-state index in [1.54, 1.807) is 55.5 Å². The molecule has 6 heteroatoms. The fraction of sp³-hybridized carbons (Fsp3) is 0.0500. The van der Waals surface area contributed by atoms with Crippen molar-refractivity contribution in [1.29, 1.82) is 0 Å². The van der Waals surface area contributed by atoms with Gasteiger partial charge in [0.15, 0.2) is 5.58 Å². The number of benzene rings is 2. The van der Waals surface area contributed by atoms with Gasteiger partial charge in [-0.15, -0.1) is 0 Å². The molecule has 4 aromatic rings. The van der Waals surface area contributed by atoms with Crippen LogP contribution in [0.5, 0.6) is 0 Å². The van der Waals surface area contributed by atoms with E-state index < -0.39 is 17.2 Å². The van der Waals surface area contributed by atoms with Gasteiger partial charge in [-0.3, -0.25) is 4.79 Å². The van der Waals surface area contributed by atoms with Gasteiger partial charge in [0.05, 0.1) is 5.39 Å². The minimum atomic E-state index is -0.741. The van der Waals surface area contributed by atoms with E-state index in [1.165, 1.54) is 6.07 Å². The maximum atomic E-state index is 12.3. The van der Waals surface area contributed by atoms with Gasteiger partial charge < -0.3 is 14.2 Å². The lowest BCUT2D eigenvalue weighted by Crippen LogP contribution is -2.18. The summed E-state index contributed by atoms with van der Waals surface area (Å²) in [5.41, 5.74) is 0.150. The van der Waals surface area contributed by atoms with Gasteiger partial charge in [-0.2, -0.15) is 0 Å². The number of carbonyl (C=O) groups is 1. The molecule has 0 spiro atoms. The van der Waals surface area contributed by atoms with E-state index in [-0.39, 0.29) is 16.7 Å². The van der Waals surface area contributed by atoms with Crippen LogP contribution in [0.3, 0.4) is 0 Å². The topological polar surface area (TPSA) is 89.5 Å². The normalized spacial score (nSPS) is 11.0. The maximum absolute atomic E-state index is 12.3. The van der Waals surface area contributed by atoms with E-state index >= 15 is 0 Å². The molecule has 0 aliphatic heterocycles. The fourth-order valence-corrected chi connectivity index (χ4v) is 2.81. The summed E-state index contributed by atoms with van der Waals surface area (Å²) in [6.07, 6.45) is 0. The number of nitrogens with one attached hydrogen (secondary N) is 1. The van der Waals surface area contributed by atoms with Crippen LogP contribution in [0.25, 0.3) is 21.9 Å². The average molecular weight is 347 g/mol. The van der Waals surface area contributed by atoms with Crippen LogP contribution in [0.2, 0.25) is 0 Å². The molecule has 128 valence electrons. The van der Waals surface area contributed by atoms with Crippen LogP contribution in [0.1, 0.15) is 15.9 Å². The number of hydrogen-bond donors (Lipinski definition) is 1. The minimum Gasteiger partial charge on any atom is -0.422 e. The van der Waals surface area contributed by atoms with Crippen LogP contribution >= 0.6 is 0 Å². The van der Waals surface area contributed by atoms with Gasteiger partial charge in [-0.05, 0) is 36.8 Å². The minimum absolute atomic E-state index is 0.0889. The molecule has 0 radical (unpaired) electrons. The quantitative estimate of drug-likeness (QED) is 0.443. The molecule has 0 saturated carbocycles. The first kappa shape index (κ1) is 15.8. The lowest BCUT2D eigenvalue weighted by atomic mass is 10.1. The average Bonchev–Trinajstić information content (AvgIpc) is 2.64. The Labute approximate surface area is 146 Å². The Kier molecular flexibility index (Phi) is 3.65. The summed E-state index contributed by atoms with van der Waals surface area (Å²) in [6, 6.07) is 15.0. The van der Waals surface area contributed by atoms with Crippen molar-refractivity contribution in [3.63, 3.8) is 0 Å². The molecular formula is C20H13NO5. The molecule has 4 rings (SSSR count). The van der Waals surface area contributed by atoms with Crippen LogP contribution in [-0.4, -0.2) is 5.91 Å². The highest BCUT2D eigenvalue weighted by atomic mass is 16.4. The number of anilines is 1. The Hall–Kier alpha value is -3.67. The zero-order valence-electron chi connectivity index (χ0n) is 13.7. The first-order valence-corrected chi connectivity index (χ1v) is 7.91.